The zero-order valence-electron chi connectivity index (χ0n) is 19.3. The van der Waals surface area contributed by atoms with Crippen LogP contribution in [-0.4, -0.2) is 33.3 Å². The van der Waals surface area contributed by atoms with Gasteiger partial charge in [0.05, 0.1) is 5.60 Å². The van der Waals surface area contributed by atoms with Crippen LogP contribution in [0.15, 0.2) is 24.3 Å². The minimum Gasteiger partial charge on any atom is -0.309 e. The highest BCUT2D eigenvalue weighted by Gasteiger charge is 2.62. The number of carbonyl (C=O) groups is 1. The maximum atomic E-state index is 14.4. The number of hydrogen-bond donors (Lipinski definition) is 0. The average Bonchev–Trinajstić information content (AvgIpc) is 2.83. The van der Waals surface area contributed by atoms with Gasteiger partial charge in [-0.15, -0.1) is 0 Å². The zero-order valence-corrected chi connectivity index (χ0v) is 20.2. The predicted molar refractivity (Wildman–Crippen MR) is 117 cm³/mol. The van der Waals surface area contributed by atoms with Crippen molar-refractivity contribution in [2.45, 2.75) is 97.4 Å². The van der Waals surface area contributed by atoms with Gasteiger partial charge in [-0.05, 0) is 58.9 Å². The van der Waals surface area contributed by atoms with Gasteiger partial charge in [0.15, 0.2) is 5.78 Å². The van der Waals surface area contributed by atoms with E-state index in [2.05, 4.69) is 20.8 Å². The molecule has 0 N–H and O–H groups in total. The molecular formula is C23H38NO3P. The molecule has 0 saturated carbocycles. The monoisotopic (exact) mass is 407 g/mol. The Bertz CT molecular complexity index is 784. The average molecular weight is 408 g/mol. The molecule has 0 unspecified atom stereocenters. The Morgan fingerprint density at radius 2 is 1.57 bits per heavy atom. The van der Waals surface area contributed by atoms with E-state index >= 15 is 0 Å². The van der Waals surface area contributed by atoms with Gasteiger partial charge >= 0.3 is 0 Å². The van der Waals surface area contributed by atoms with Crippen LogP contribution in [0.5, 0.6) is 0 Å². The van der Waals surface area contributed by atoms with Crippen LogP contribution in [-0.2, 0) is 14.5 Å². The zero-order chi connectivity index (χ0) is 21.8. The summed E-state index contributed by atoms with van der Waals surface area (Å²) in [5.41, 5.74) is 0.855. The maximum absolute atomic E-state index is 14.4. The molecule has 1 saturated heterocycles. The van der Waals surface area contributed by atoms with Gasteiger partial charge in [0, 0.05) is 17.6 Å². The van der Waals surface area contributed by atoms with Gasteiger partial charge < -0.3 is 4.52 Å². The fourth-order valence-electron chi connectivity index (χ4n) is 3.79. The molecule has 0 bridgehead atoms. The fraction of sp³-hybridized carbons (Fsp3) is 0.696. The first-order chi connectivity index (χ1) is 12.5. The molecule has 0 aliphatic carbocycles. The second-order valence-corrected chi connectivity index (χ2v) is 13.6. The molecule has 5 heteroatoms. The summed E-state index contributed by atoms with van der Waals surface area (Å²) >= 11 is 0. The molecule has 4 nitrogen and oxygen atoms in total. The summed E-state index contributed by atoms with van der Waals surface area (Å²) in [5.74, 6) is -0.106. The molecule has 0 amide bonds. The SMILES string of the molecule is CC[C@@](C)(C(=O)c1ccc(C(C)(C)C)cc1)[P@@]1(=O)OC(C)(C)CN1C(C)(C)C. The normalized spacial score (nSPS) is 25.5. The lowest BCUT2D eigenvalue weighted by molar-refractivity contribution is 0.0916. The summed E-state index contributed by atoms with van der Waals surface area (Å²) in [6.07, 6.45) is 0.451. The molecule has 0 spiro atoms. The van der Waals surface area contributed by atoms with Crippen LogP contribution in [0, 0.1) is 0 Å². The van der Waals surface area contributed by atoms with Crippen LogP contribution in [0.2, 0.25) is 0 Å². The number of benzene rings is 1. The summed E-state index contributed by atoms with van der Waals surface area (Å²) in [7, 11) is -3.43. The lowest BCUT2D eigenvalue weighted by Gasteiger charge is -2.42. The molecule has 0 radical (unpaired) electrons. The Morgan fingerprint density at radius 1 is 1.07 bits per heavy atom. The number of ketones is 1. The van der Waals surface area contributed by atoms with Gasteiger partial charge in [0.25, 0.3) is 7.52 Å². The molecule has 28 heavy (non-hydrogen) atoms. The molecule has 1 aliphatic rings. The topological polar surface area (TPSA) is 46.6 Å². The summed E-state index contributed by atoms with van der Waals surface area (Å²) in [6.45, 7) is 20.7. The van der Waals surface area contributed by atoms with Crippen molar-refractivity contribution in [3.05, 3.63) is 35.4 Å². The van der Waals surface area contributed by atoms with E-state index in [1.54, 1.807) is 0 Å². The Balaban J connectivity index is 2.53. The molecule has 2 atom stereocenters. The van der Waals surface area contributed by atoms with Crippen LogP contribution >= 0.6 is 7.52 Å². The third kappa shape index (κ3) is 4.01. The first-order valence-electron chi connectivity index (χ1n) is 10.2. The first kappa shape index (κ1) is 23.3. The van der Waals surface area contributed by atoms with Gasteiger partial charge in [-0.25, -0.2) is 4.67 Å². The number of rotatable bonds is 4. The summed E-state index contributed by atoms with van der Waals surface area (Å²) in [4.78, 5) is 13.7. The third-order valence-electron chi connectivity index (χ3n) is 5.81. The summed E-state index contributed by atoms with van der Waals surface area (Å²) in [6, 6.07) is 7.73. The van der Waals surface area contributed by atoms with Gasteiger partial charge in [0.2, 0.25) is 0 Å². The van der Waals surface area contributed by atoms with Crippen molar-refractivity contribution >= 4 is 13.3 Å². The minimum atomic E-state index is -3.43. The molecular weight excluding hydrogens is 369 g/mol. The second-order valence-electron chi connectivity index (χ2n) is 10.9. The Morgan fingerprint density at radius 3 is 1.96 bits per heavy atom. The highest BCUT2D eigenvalue weighted by Crippen LogP contribution is 2.71. The van der Waals surface area contributed by atoms with Crippen LogP contribution in [0.1, 0.15) is 91.6 Å². The minimum absolute atomic E-state index is 0.0179. The Labute approximate surface area is 171 Å². The lowest BCUT2D eigenvalue weighted by atomic mass is 9.85. The maximum Gasteiger partial charge on any atom is 0.286 e. The highest BCUT2D eigenvalue weighted by molar-refractivity contribution is 7.59. The third-order valence-corrected chi connectivity index (χ3v) is 9.69. The van der Waals surface area contributed by atoms with Crippen LogP contribution < -0.4 is 0 Å². The number of Topliss-reactive ketones (excluding diaryl/α,β-unsaturated/α-hetero) is 1. The van der Waals surface area contributed by atoms with Crippen molar-refractivity contribution in [1.82, 2.24) is 4.67 Å². The highest BCUT2D eigenvalue weighted by atomic mass is 31.2. The van der Waals surface area contributed by atoms with Crippen LogP contribution in [0.4, 0.5) is 0 Å². The van der Waals surface area contributed by atoms with Crippen LogP contribution in [0.3, 0.4) is 0 Å². The first-order valence-corrected chi connectivity index (χ1v) is 11.8. The van der Waals surface area contributed by atoms with E-state index in [1.165, 1.54) is 5.56 Å². The lowest BCUT2D eigenvalue weighted by Crippen LogP contribution is -2.46. The van der Waals surface area contributed by atoms with Crippen molar-refractivity contribution in [3.8, 4) is 0 Å². The van der Waals surface area contributed by atoms with Gasteiger partial charge in [-0.3, -0.25) is 9.36 Å². The largest absolute Gasteiger partial charge is 0.309 e. The number of hydrogen-bond acceptors (Lipinski definition) is 3. The molecule has 1 aliphatic heterocycles. The van der Waals surface area contributed by atoms with E-state index in [0.29, 0.717) is 18.5 Å². The molecule has 1 aromatic rings. The quantitative estimate of drug-likeness (QED) is 0.426. The van der Waals surface area contributed by atoms with E-state index in [-0.39, 0.29) is 16.7 Å². The Hall–Kier alpha value is -0.960. The van der Waals surface area contributed by atoms with Crippen molar-refractivity contribution in [2.75, 3.05) is 6.54 Å². The smallest absolute Gasteiger partial charge is 0.286 e. The number of nitrogens with zero attached hydrogens (tertiary/aromatic N) is 1. The molecule has 158 valence electrons. The van der Waals surface area contributed by atoms with E-state index in [9.17, 15) is 9.36 Å². The van der Waals surface area contributed by atoms with E-state index < -0.39 is 18.3 Å². The summed E-state index contributed by atoms with van der Waals surface area (Å²) in [5, 5.41) is -1.10. The van der Waals surface area contributed by atoms with Crippen molar-refractivity contribution < 1.29 is 13.9 Å². The molecule has 1 aromatic carbocycles. The van der Waals surface area contributed by atoms with Crippen molar-refractivity contribution in [3.63, 3.8) is 0 Å². The number of carbonyl (C=O) groups excluding carboxylic acids is 1. The molecule has 1 heterocycles. The molecule has 1 fully saturated rings. The van der Waals surface area contributed by atoms with Gasteiger partial charge in [-0.1, -0.05) is 52.0 Å². The Kier molecular flexibility index (Phi) is 5.89. The molecule has 2 rings (SSSR count). The van der Waals surface area contributed by atoms with Crippen molar-refractivity contribution in [2.24, 2.45) is 0 Å². The molecule has 0 aromatic heterocycles. The van der Waals surface area contributed by atoms with Gasteiger partial charge in [0.1, 0.15) is 5.16 Å². The standard InChI is InChI=1S/C23H38NO3P/c1-11-23(10,19(25)17-12-14-18(15-13-17)20(2,3)4)28(26)24(21(5,6)7)16-22(8,9)27-28/h12-15H,11,16H2,1-10H3/t23-,28+/m0/s1. The fourth-order valence-corrected chi connectivity index (χ4v) is 7.45. The second kappa shape index (κ2) is 7.07. The van der Waals surface area contributed by atoms with E-state index in [1.807, 2.05) is 77.4 Å². The van der Waals surface area contributed by atoms with E-state index in [0.717, 1.165) is 0 Å². The van der Waals surface area contributed by atoms with E-state index in [4.69, 9.17) is 4.52 Å². The summed E-state index contributed by atoms with van der Waals surface area (Å²) < 4.78 is 22.5. The van der Waals surface area contributed by atoms with Crippen LogP contribution in [0.25, 0.3) is 0 Å². The van der Waals surface area contributed by atoms with Crippen molar-refractivity contribution in [1.29, 1.82) is 0 Å². The van der Waals surface area contributed by atoms with Gasteiger partial charge in [-0.2, -0.15) is 0 Å². The predicted octanol–water partition coefficient (Wildman–Crippen LogP) is 6.44.